The van der Waals surface area contributed by atoms with Crippen LogP contribution in [0.25, 0.3) is 11.0 Å². The van der Waals surface area contributed by atoms with Crippen molar-refractivity contribution in [2.45, 2.75) is 18.8 Å². The first-order valence-corrected chi connectivity index (χ1v) is 5.57. The fourth-order valence-electron chi connectivity index (χ4n) is 2.15. The molecule has 0 radical (unpaired) electrons. The van der Waals surface area contributed by atoms with Crippen molar-refractivity contribution in [1.29, 1.82) is 0 Å². The van der Waals surface area contributed by atoms with E-state index in [-0.39, 0.29) is 24.0 Å². The van der Waals surface area contributed by atoms with Crippen LogP contribution >= 0.6 is 0 Å². The second kappa shape index (κ2) is 3.83. The number of rotatable bonds is 1. The summed E-state index contributed by atoms with van der Waals surface area (Å²) in [6.45, 7) is 0. The maximum atomic E-state index is 11.8. The van der Waals surface area contributed by atoms with Crippen molar-refractivity contribution in [2.24, 2.45) is 0 Å². The normalized spacial score (nSPS) is 20.1. The molecule has 18 heavy (non-hydrogen) atoms. The average Bonchev–Trinajstić information content (AvgIpc) is 2.72. The lowest BCUT2D eigenvalue weighted by molar-refractivity contribution is -0.134. The molecule has 1 fully saturated rings. The zero-order valence-electron chi connectivity index (χ0n) is 9.34. The molecular weight excluding hydrogens is 236 g/mol. The van der Waals surface area contributed by atoms with Gasteiger partial charge in [0.2, 0.25) is 11.8 Å². The number of hydrogen-bond acceptors (Lipinski definition) is 5. The Hall–Kier alpha value is -2.37. The summed E-state index contributed by atoms with van der Waals surface area (Å²) in [7, 11) is 0. The number of fused-ring (bicyclic) bond motifs is 1. The summed E-state index contributed by atoms with van der Waals surface area (Å²) in [5.41, 5.74) is 0.971. The van der Waals surface area contributed by atoms with E-state index in [4.69, 9.17) is 4.52 Å². The molecule has 0 saturated carbocycles. The van der Waals surface area contributed by atoms with Gasteiger partial charge in [0.15, 0.2) is 5.58 Å². The second-order valence-corrected chi connectivity index (χ2v) is 4.25. The highest BCUT2D eigenvalue weighted by atomic mass is 16.5. The third kappa shape index (κ3) is 1.62. The van der Waals surface area contributed by atoms with E-state index in [2.05, 4.69) is 10.5 Å². The van der Waals surface area contributed by atoms with Crippen molar-refractivity contribution in [1.82, 2.24) is 10.5 Å². The molecular formula is C12H10N2O4. The monoisotopic (exact) mass is 246 g/mol. The predicted molar refractivity (Wildman–Crippen MR) is 60.8 cm³/mol. The molecule has 0 aliphatic carbocycles. The molecule has 0 bridgehead atoms. The summed E-state index contributed by atoms with van der Waals surface area (Å²) < 4.78 is 5.11. The minimum atomic E-state index is -0.509. The standard InChI is InChI=1S/C12H10N2O4/c15-6-1-3-9-8(5-6)11(14-18-9)7-2-4-10(16)13-12(7)17/h1,3,5,7,15H,2,4H2,(H,13,16,17). The molecule has 6 heteroatoms. The molecule has 1 aliphatic heterocycles. The van der Waals surface area contributed by atoms with Crippen molar-refractivity contribution in [3.8, 4) is 5.75 Å². The van der Waals surface area contributed by atoms with Gasteiger partial charge in [-0.25, -0.2) is 0 Å². The van der Waals surface area contributed by atoms with Gasteiger partial charge in [-0.05, 0) is 24.6 Å². The van der Waals surface area contributed by atoms with Gasteiger partial charge in [-0.1, -0.05) is 5.16 Å². The van der Waals surface area contributed by atoms with Crippen LogP contribution in [-0.4, -0.2) is 22.1 Å². The lowest BCUT2D eigenvalue weighted by Crippen LogP contribution is -2.39. The SMILES string of the molecule is O=C1CCC(c2noc3ccc(O)cc23)C(=O)N1. The number of piperidine rings is 1. The van der Waals surface area contributed by atoms with E-state index in [1.807, 2.05) is 0 Å². The summed E-state index contributed by atoms with van der Waals surface area (Å²) in [6, 6.07) is 4.58. The number of imide groups is 1. The van der Waals surface area contributed by atoms with Gasteiger partial charge in [0.1, 0.15) is 11.4 Å². The summed E-state index contributed by atoms with van der Waals surface area (Å²) in [5.74, 6) is -1.07. The quantitative estimate of drug-likeness (QED) is 0.734. The zero-order chi connectivity index (χ0) is 12.7. The van der Waals surface area contributed by atoms with Crippen LogP contribution in [0.15, 0.2) is 22.7 Å². The van der Waals surface area contributed by atoms with Crippen LogP contribution in [0.4, 0.5) is 0 Å². The van der Waals surface area contributed by atoms with Crippen LogP contribution in [0.1, 0.15) is 24.5 Å². The van der Waals surface area contributed by atoms with Gasteiger partial charge in [-0.2, -0.15) is 0 Å². The highest BCUT2D eigenvalue weighted by molar-refractivity contribution is 6.02. The Bertz CT molecular complexity index is 647. The molecule has 2 heterocycles. The molecule has 2 aromatic rings. The maximum Gasteiger partial charge on any atom is 0.235 e. The molecule has 1 aromatic carbocycles. The summed E-state index contributed by atoms with van der Waals surface area (Å²) in [4.78, 5) is 22.8. The number of nitrogens with zero attached hydrogens (tertiary/aromatic N) is 1. The number of phenols is 1. The topological polar surface area (TPSA) is 92.4 Å². The van der Waals surface area contributed by atoms with Crippen molar-refractivity contribution in [2.75, 3.05) is 0 Å². The van der Waals surface area contributed by atoms with Crippen LogP contribution in [0, 0.1) is 0 Å². The van der Waals surface area contributed by atoms with Gasteiger partial charge < -0.3 is 9.63 Å². The minimum absolute atomic E-state index is 0.0826. The van der Waals surface area contributed by atoms with E-state index < -0.39 is 5.92 Å². The Labute approximate surface area is 102 Å². The van der Waals surface area contributed by atoms with Crippen LogP contribution in [0.5, 0.6) is 5.75 Å². The van der Waals surface area contributed by atoms with E-state index in [9.17, 15) is 14.7 Å². The Morgan fingerprint density at radius 1 is 1.39 bits per heavy atom. The molecule has 1 unspecified atom stereocenters. The summed E-state index contributed by atoms with van der Waals surface area (Å²) in [5, 5.41) is 16.2. The first-order chi connectivity index (χ1) is 8.65. The van der Waals surface area contributed by atoms with E-state index in [1.54, 1.807) is 6.07 Å². The average molecular weight is 246 g/mol. The van der Waals surface area contributed by atoms with Crippen LogP contribution in [0.2, 0.25) is 0 Å². The number of aromatic hydroxyl groups is 1. The van der Waals surface area contributed by atoms with E-state index in [0.717, 1.165) is 0 Å². The fraction of sp³-hybridized carbons (Fsp3) is 0.250. The van der Waals surface area contributed by atoms with Crippen LogP contribution in [0.3, 0.4) is 0 Å². The molecule has 2 amide bonds. The first kappa shape index (κ1) is 10.8. The van der Waals surface area contributed by atoms with Crippen molar-refractivity contribution in [3.05, 3.63) is 23.9 Å². The molecule has 3 rings (SSSR count). The number of aromatic nitrogens is 1. The molecule has 1 aromatic heterocycles. The van der Waals surface area contributed by atoms with Gasteiger partial charge in [-0.3, -0.25) is 14.9 Å². The van der Waals surface area contributed by atoms with Gasteiger partial charge in [0, 0.05) is 11.8 Å². The largest absolute Gasteiger partial charge is 0.508 e. The number of benzene rings is 1. The number of carbonyl (C=O) groups is 2. The number of hydrogen-bond donors (Lipinski definition) is 2. The lowest BCUT2D eigenvalue weighted by Gasteiger charge is -2.18. The van der Waals surface area contributed by atoms with Gasteiger partial charge in [0.25, 0.3) is 0 Å². The Morgan fingerprint density at radius 2 is 2.22 bits per heavy atom. The fourth-order valence-corrected chi connectivity index (χ4v) is 2.15. The van der Waals surface area contributed by atoms with Gasteiger partial charge >= 0.3 is 0 Å². The number of amides is 2. The molecule has 1 aliphatic rings. The third-order valence-corrected chi connectivity index (χ3v) is 3.05. The first-order valence-electron chi connectivity index (χ1n) is 5.57. The maximum absolute atomic E-state index is 11.8. The molecule has 2 N–H and O–H groups in total. The summed E-state index contributed by atoms with van der Waals surface area (Å²) >= 11 is 0. The third-order valence-electron chi connectivity index (χ3n) is 3.05. The minimum Gasteiger partial charge on any atom is -0.508 e. The predicted octanol–water partition coefficient (Wildman–Crippen LogP) is 1.05. The zero-order valence-corrected chi connectivity index (χ0v) is 9.34. The van der Waals surface area contributed by atoms with Crippen molar-refractivity contribution in [3.63, 3.8) is 0 Å². The lowest BCUT2D eigenvalue weighted by atomic mass is 9.93. The van der Waals surface area contributed by atoms with Gasteiger partial charge in [0.05, 0.1) is 5.92 Å². The van der Waals surface area contributed by atoms with E-state index in [0.29, 0.717) is 23.1 Å². The van der Waals surface area contributed by atoms with Crippen molar-refractivity contribution < 1.29 is 19.2 Å². The molecule has 1 atom stereocenters. The molecule has 0 spiro atoms. The highest BCUT2D eigenvalue weighted by Crippen LogP contribution is 2.31. The van der Waals surface area contributed by atoms with Crippen LogP contribution in [-0.2, 0) is 9.59 Å². The molecule has 1 saturated heterocycles. The number of phenolic OH excluding ortho intramolecular Hbond substituents is 1. The smallest absolute Gasteiger partial charge is 0.235 e. The van der Waals surface area contributed by atoms with E-state index in [1.165, 1.54) is 12.1 Å². The van der Waals surface area contributed by atoms with Gasteiger partial charge in [-0.15, -0.1) is 0 Å². The Kier molecular flexibility index (Phi) is 2.29. The number of nitrogens with one attached hydrogen (secondary N) is 1. The molecule has 6 nitrogen and oxygen atoms in total. The highest BCUT2D eigenvalue weighted by Gasteiger charge is 2.31. The summed E-state index contributed by atoms with van der Waals surface area (Å²) in [6.07, 6.45) is 0.686. The Balaban J connectivity index is 2.06. The molecule has 92 valence electrons. The van der Waals surface area contributed by atoms with Crippen molar-refractivity contribution >= 4 is 22.8 Å². The van der Waals surface area contributed by atoms with E-state index >= 15 is 0 Å². The number of carbonyl (C=O) groups excluding carboxylic acids is 2. The Morgan fingerprint density at radius 3 is 3.00 bits per heavy atom. The second-order valence-electron chi connectivity index (χ2n) is 4.25. The van der Waals surface area contributed by atoms with Crippen LogP contribution < -0.4 is 5.32 Å².